The second-order valence-electron chi connectivity index (χ2n) is 11.1. The van der Waals surface area contributed by atoms with E-state index in [1.165, 1.54) is 6.08 Å². The van der Waals surface area contributed by atoms with Crippen LogP contribution in [0.4, 0.5) is 0 Å². The van der Waals surface area contributed by atoms with Crippen molar-refractivity contribution in [3.8, 4) is 0 Å². The van der Waals surface area contributed by atoms with Gasteiger partial charge in [0.15, 0.2) is 5.78 Å². The van der Waals surface area contributed by atoms with Crippen LogP contribution in [0, 0.1) is 35.0 Å². The van der Waals surface area contributed by atoms with Crippen LogP contribution >= 0.6 is 0 Å². The molecule has 4 heteroatoms. The number of esters is 1. The van der Waals surface area contributed by atoms with Crippen molar-refractivity contribution in [2.45, 2.75) is 92.6 Å². The molecule has 1 N–H and O–H groups in total. The molecule has 32 heavy (non-hydrogen) atoms. The van der Waals surface area contributed by atoms with Crippen molar-refractivity contribution in [1.29, 1.82) is 0 Å². The van der Waals surface area contributed by atoms with E-state index in [0.717, 1.165) is 31.3 Å². The summed E-state index contributed by atoms with van der Waals surface area (Å²) in [6, 6.07) is 0. The minimum Gasteiger partial charge on any atom is -0.428 e. The number of rotatable bonds is 6. The monoisotopic (exact) mass is 442 g/mol. The Morgan fingerprint density at radius 2 is 1.84 bits per heavy atom. The van der Waals surface area contributed by atoms with Crippen LogP contribution in [0.25, 0.3) is 0 Å². The summed E-state index contributed by atoms with van der Waals surface area (Å²) in [5.74, 6) is 2.45. The third-order valence-corrected chi connectivity index (χ3v) is 8.65. The third-order valence-electron chi connectivity index (χ3n) is 8.65. The molecule has 0 spiro atoms. The molecule has 0 aliphatic heterocycles. The number of carbonyl (C=O) groups excluding carboxylic acids is 2. The van der Waals surface area contributed by atoms with Gasteiger partial charge in [-0.25, -0.2) is 4.79 Å². The van der Waals surface area contributed by atoms with E-state index in [2.05, 4.69) is 46.8 Å². The van der Waals surface area contributed by atoms with E-state index in [-0.39, 0.29) is 17.1 Å². The Morgan fingerprint density at radius 3 is 2.53 bits per heavy atom. The standard InChI is InChI=1S/C28H42O4/c1-17(2)18(3)7-8-19(4)23-11-12-24-22(25(30)13-14-28(23,24)6)16-27(31)32-26-15-21(29)10-9-20(26)5/h7-8,16-19,21,23-24,29H,9-15H2,1-6H3/b8-7+,22-16-/t18-,19+,21-,23+,24-,28+/m0/s1. The fourth-order valence-corrected chi connectivity index (χ4v) is 6.03. The van der Waals surface area contributed by atoms with Crippen molar-refractivity contribution < 1.29 is 19.4 Å². The van der Waals surface area contributed by atoms with Gasteiger partial charge in [-0.3, -0.25) is 4.79 Å². The van der Waals surface area contributed by atoms with Gasteiger partial charge in [0.2, 0.25) is 0 Å². The van der Waals surface area contributed by atoms with Crippen LogP contribution in [-0.4, -0.2) is 23.0 Å². The smallest absolute Gasteiger partial charge is 0.336 e. The lowest BCUT2D eigenvalue weighted by atomic mass is 9.61. The molecule has 0 bridgehead atoms. The minimum atomic E-state index is -0.469. The highest BCUT2D eigenvalue weighted by molar-refractivity contribution is 6.02. The zero-order valence-electron chi connectivity index (χ0n) is 20.8. The van der Waals surface area contributed by atoms with Gasteiger partial charge in [-0.1, -0.05) is 46.8 Å². The first-order valence-corrected chi connectivity index (χ1v) is 12.5. The van der Waals surface area contributed by atoms with Crippen molar-refractivity contribution in [3.63, 3.8) is 0 Å². The number of ketones is 1. The highest BCUT2D eigenvalue weighted by atomic mass is 16.5. The van der Waals surface area contributed by atoms with Crippen LogP contribution in [0.15, 0.2) is 35.1 Å². The van der Waals surface area contributed by atoms with Crippen LogP contribution in [-0.2, 0) is 14.3 Å². The summed E-state index contributed by atoms with van der Waals surface area (Å²) < 4.78 is 5.61. The second-order valence-corrected chi connectivity index (χ2v) is 11.1. The zero-order chi connectivity index (χ0) is 23.6. The van der Waals surface area contributed by atoms with Crippen LogP contribution in [0.2, 0.25) is 0 Å². The Kier molecular flexibility index (Phi) is 7.85. The number of allylic oxidation sites excluding steroid dienone is 4. The molecule has 3 aliphatic rings. The van der Waals surface area contributed by atoms with Crippen LogP contribution in [0.3, 0.4) is 0 Å². The molecule has 0 saturated heterocycles. The summed E-state index contributed by atoms with van der Waals surface area (Å²) in [6.45, 7) is 13.3. The lowest BCUT2D eigenvalue weighted by Crippen LogP contribution is -2.39. The van der Waals surface area contributed by atoms with Gasteiger partial charge in [0, 0.05) is 24.5 Å². The molecule has 6 atom stereocenters. The molecule has 4 nitrogen and oxygen atoms in total. The first-order chi connectivity index (χ1) is 15.0. The molecule has 0 amide bonds. The fourth-order valence-electron chi connectivity index (χ4n) is 6.03. The maximum absolute atomic E-state index is 12.8. The van der Waals surface area contributed by atoms with Crippen LogP contribution in [0.5, 0.6) is 0 Å². The average molecular weight is 443 g/mol. The van der Waals surface area contributed by atoms with E-state index in [1.54, 1.807) is 0 Å². The summed E-state index contributed by atoms with van der Waals surface area (Å²) >= 11 is 0. The van der Waals surface area contributed by atoms with Gasteiger partial charge in [-0.2, -0.15) is 0 Å². The lowest BCUT2D eigenvalue weighted by molar-refractivity contribution is -0.135. The van der Waals surface area contributed by atoms with E-state index in [4.69, 9.17) is 4.74 Å². The minimum absolute atomic E-state index is 0.0288. The molecule has 2 saturated carbocycles. The predicted molar refractivity (Wildman–Crippen MR) is 128 cm³/mol. The predicted octanol–water partition coefficient (Wildman–Crippen LogP) is 6.15. The number of aliphatic hydroxyl groups excluding tert-OH is 1. The summed E-state index contributed by atoms with van der Waals surface area (Å²) in [4.78, 5) is 25.6. The van der Waals surface area contributed by atoms with Gasteiger partial charge < -0.3 is 9.84 Å². The number of hydrogen-bond donors (Lipinski definition) is 1. The molecule has 0 radical (unpaired) electrons. The first kappa shape index (κ1) is 25.0. The lowest BCUT2D eigenvalue weighted by Gasteiger charge is -2.43. The average Bonchev–Trinajstić information content (AvgIpc) is 3.08. The fraction of sp³-hybridized carbons (Fsp3) is 0.714. The Balaban J connectivity index is 1.76. The molecule has 0 aromatic carbocycles. The number of ether oxygens (including phenoxy) is 1. The Hall–Kier alpha value is -1.68. The molecule has 0 unspecified atom stereocenters. The van der Waals surface area contributed by atoms with Crippen molar-refractivity contribution >= 4 is 11.8 Å². The maximum atomic E-state index is 12.8. The molecule has 3 aliphatic carbocycles. The summed E-state index contributed by atoms with van der Waals surface area (Å²) in [5.41, 5.74) is 1.70. The van der Waals surface area contributed by atoms with Gasteiger partial charge in [0.25, 0.3) is 0 Å². The first-order valence-electron chi connectivity index (χ1n) is 12.5. The number of Topliss-reactive ketones (excluding diaryl/α,β-unsaturated/α-hetero) is 1. The summed E-state index contributed by atoms with van der Waals surface area (Å²) in [6.07, 6.45) is 11.0. The Morgan fingerprint density at radius 1 is 1.12 bits per heavy atom. The van der Waals surface area contributed by atoms with Gasteiger partial charge in [0.05, 0.1) is 6.10 Å². The maximum Gasteiger partial charge on any atom is 0.336 e. The SMILES string of the molecule is CC1=C(OC(=O)/C=C2\C(=O)CC[C@]3(C)[C@@H]([C@H](C)/C=C/[C@H](C)C(C)C)CC[C@@H]23)C[C@@H](O)CC1. The highest BCUT2D eigenvalue weighted by Gasteiger charge is 2.52. The van der Waals surface area contributed by atoms with Gasteiger partial charge in [-0.05, 0) is 79.6 Å². The topological polar surface area (TPSA) is 63.6 Å². The highest BCUT2D eigenvalue weighted by Crippen LogP contribution is 2.58. The molecular weight excluding hydrogens is 400 g/mol. The van der Waals surface area contributed by atoms with Crippen molar-refractivity contribution in [2.24, 2.45) is 35.0 Å². The van der Waals surface area contributed by atoms with Gasteiger partial charge in [0.1, 0.15) is 5.76 Å². The molecule has 0 aromatic rings. The molecule has 0 heterocycles. The molecular formula is C28H42O4. The van der Waals surface area contributed by atoms with E-state index >= 15 is 0 Å². The number of aliphatic hydroxyl groups is 1. The molecule has 178 valence electrons. The van der Waals surface area contributed by atoms with Crippen molar-refractivity contribution in [1.82, 2.24) is 0 Å². The van der Waals surface area contributed by atoms with E-state index in [1.807, 2.05) is 6.92 Å². The number of fused-ring (bicyclic) bond motifs is 1. The van der Waals surface area contributed by atoms with Crippen LogP contribution < -0.4 is 0 Å². The summed E-state index contributed by atoms with van der Waals surface area (Å²) in [5, 5.41) is 9.92. The Labute approximate surface area is 194 Å². The normalized spacial score (nSPS) is 34.3. The number of carbonyl (C=O) groups is 2. The zero-order valence-corrected chi connectivity index (χ0v) is 20.8. The summed E-state index contributed by atoms with van der Waals surface area (Å²) in [7, 11) is 0. The van der Waals surface area contributed by atoms with Crippen molar-refractivity contribution in [3.05, 3.63) is 35.1 Å². The third kappa shape index (κ3) is 5.27. The number of hydrogen-bond acceptors (Lipinski definition) is 4. The quantitative estimate of drug-likeness (QED) is 0.304. The van der Waals surface area contributed by atoms with E-state index < -0.39 is 12.1 Å². The van der Waals surface area contributed by atoms with Gasteiger partial charge >= 0.3 is 5.97 Å². The van der Waals surface area contributed by atoms with Gasteiger partial charge in [-0.15, -0.1) is 0 Å². The largest absolute Gasteiger partial charge is 0.428 e. The van der Waals surface area contributed by atoms with Crippen molar-refractivity contribution in [2.75, 3.05) is 0 Å². The Bertz CT molecular complexity index is 817. The molecule has 2 fully saturated rings. The second kappa shape index (κ2) is 10.1. The van der Waals surface area contributed by atoms with Crippen LogP contribution in [0.1, 0.15) is 86.5 Å². The van der Waals surface area contributed by atoms with E-state index in [0.29, 0.717) is 54.3 Å². The molecule has 3 rings (SSSR count). The molecule has 0 aromatic heterocycles. The van der Waals surface area contributed by atoms with E-state index in [9.17, 15) is 14.7 Å².